The first-order valence-corrected chi connectivity index (χ1v) is 6.00. The van der Waals surface area contributed by atoms with Crippen molar-refractivity contribution in [3.05, 3.63) is 35.9 Å². The molecule has 0 fully saturated rings. The molecule has 0 saturated carbocycles. The van der Waals surface area contributed by atoms with Crippen molar-refractivity contribution < 1.29 is 24.7 Å². The van der Waals surface area contributed by atoms with Crippen LogP contribution in [0.5, 0.6) is 0 Å². The second kappa shape index (κ2) is 7.90. The standard InChI is InChI=1S/C13H16N2O5/c16-9-15(20)11(13(19)14-8-12(17)18)7-6-10-4-2-1-3-5-10/h1-5,9,11,20H,6-8H2,(H,14,19)(H,17,18). The molecule has 108 valence electrons. The number of carbonyl (C=O) groups excluding carboxylic acids is 2. The minimum atomic E-state index is -1.20. The Balaban J connectivity index is 2.62. The lowest BCUT2D eigenvalue weighted by atomic mass is 10.0. The molecule has 1 atom stereocenters. The van der Waals surface area contributed by atoms with Crippen LogP contribution in [-0.4, -0.2) is 46.3 Å². The number of carboxylic acids is 1. The minimum absolute atomic E-state index is 0.121. The number of aryl methyl sites for hydroxylation is 1. The minimum Gasteiger partial charge on any atom is -0.480 e. The van der Waals surface area contributed by atoms with E-state index >= 15 is 0 Å². The van der Waals surface area contributed by atoms with E-state index in [1.807, 2.05) is 30.3 Å². The predicted octanol–water partition coefficient (Wildman–Crippen LogP) is 0.0362. The van der Waals surface area contributed by atoms with E-state index in [0.717, 1.165) is 5.56 Å². The van der Waals surface area contributed by atoms with Crippen molar-refractivity contribution in [3.63, 3.8) is 0 Å². The first kappa shape index (κ1) is 15.6. The van der Waals surface area contributed by atoms with Gasteiger partial charge in [0.15, 0.2) is 0 Å². The van der Waals surface area contributed by atoms with Gasteiger partial charge in [0.25, 0.3) is 0 Å². The molecule has 1 aromatic carbocycles. The molecule has 0 spiro atoms. The average Bonchev–Trinajstić information content (AvgIpc) is 2.46. The van der Waals surface area contributed by atoms with Crippen LogP contribution in [0.25, 0.3) is 0 Å². The molecule has 0 heterocycles. The van der Waals surface area contributed by atoms with Crippen molar-refractivity contribution in [2.24, 2.45) is 0 Å². The summed E-state index contributed by atoms with van der Waals surface area (Å²) in [5.41, 5.74) is 0.947. The molecule has 3 N–H and O–H groups in total. The van der Waals surface area contributed by atoms with Gasteiger partial charge in [-0.25, -0.2) is 5.06 Å². The van der Waals surface area contributed by atoms with Crippen LogP contribution < -0.4 is 5.32 Å². The Morgan fingerprint density at radius 1 is 1.30 bits per heavy atom. The summed E-state index contributed by atoms with van der Waals surface area (Å²) in [6, 6.07) is 8.12. The Labute approximate surface area is 115 Å². The molecule has 0 aromatic heterocycles. The van der Waals surface area contributed by atoms with Crippen LogP contribution in [0.2, 0.25) is 0 Å². The fourth-order valence-corrected chi connectivity index (χ4v) is 1.69. The number of rotatable bonds is 8. The number of nitrogens with zero attached hydrogens (tertiary/aromatic N) is 1. The number of aliphatic carboxylic acids is 1. The van der Waals surface area contributed by atoms with Crippen molar-refractivity contribution in [2.45, 2.75) is 18.9 Å². The quantitative estimate of drug-likeness (QED) is 0.354. The van der Waals surface area contributed by atoms with E-state index in [2.05, 4.69) is 5.32 Å². The van der Waals surface area contributed by atoms with Gasteiger partial charge >= 0.3 is 5.97 Å². The Kier molecular flexibility index (Phi) is 6.18. The molecule has 0 radical (unpaired) electrons. The second-order valence-corrected chi connectivity index (χ2v) is 4.14. The Morgan fingerprint density at radius 2 is 1.95 bits per heavy atom. The molecule has 20 heavy (non-hydrogen) atoms. The summed E-state index contributed by atoms with van der Waals surface area (Å²) in [5, 5.41) is 20.3. The highest BCUT2D eigenvalue weighted by molar-refractivity contribution is 5.86. The summed E-state index contributed by atoms with van der Waals surface area (Å²) in [6.07, 6.45) is 0.775. The van der Waals surface area contributed by atoms with Gasteiger partial charge in [0.1, 0.15) is 12.6 Å². The number of benzene rings is 1. The monoisotopic (exact) mass is 280 g/mol. The summed E-state index contributed by atoms with van der Waals surface area (Å²) in [4.78, 5) is 32.7. The van der Waals surface area contributed by atoms with E-state index in [1.54, 1.807) is 0 Å². The zero-order chi connectivity index (χ0) is 15.0. The highest BCUT2D eigenvalue weighted by Gasteiger charge is 2.24. The highest BCUT2D eigenvalue weighted by Crippen LogP contribution is 2.08. The molecule has 2 amide bonds. The smallest absolute Gasteiger partial charge is 0.322 e. The third-order valence-corrected chi connectivity index (χ3v) is 2.69. The third-order valence-electron chi connectivity index (χ3n) is 2.69. The maximum atomic E-state index is 11.7. The van der Waals surface area contributed by atoms with Crippen molar-refractivity contribution >= 4 is 18.3 Å². The van der Waals surface area contributed by atoms with E-state index in [-0.39, 0.29) is 17.9 Å². The number of carboxylic acid groups (broad SMARTS) is 1. The summed E-state index contributed by atoms with van der Waals surface area (Å²) in [7, 11) is 0. The molecule has 0 aliphatic carbocycles. The van der Waals surface area contributed by atoms with Crippen molar-refractivity contribution in [1.82, 2.24) is 10.4 Å². The average molecular weight is 280 g/mol. The van der Waals surface area contributed by atoms with Gasteiger partial charge in [-0.05, 0) is 18.4 Å². The van der Waals surface area contributed by atoms with Gasteiger partial charge in [0.2, 0.25) is 12.3 Å². The molecule has 7 nitrogen and oxygen atoms in total. The summed E-state index contributed by atoms with van der Waals surface area (Å²) >= 11 is 0. The number of amides is 2. The van der Waals surface area contributed by atoms with Gasteiger partial charge < -0.3 is 10.4 Å². The zero-order valence-corrected chi connectivity index (χ0v) is 10.7. The molecular weight excluding hydrogens is 264 g/mol. The number of hydroxylamine groups is 2. The van der Waals surface area contributed by atoms with E-state index in [9.17, 15) is 19.6 Å². The molecule has 1 unspecified atom stereocenters. The SMILES string of the molecule is O=CN(O)C(CCc1ccccc1)C(=O)NCC(=O)O. The molecule has 0 aliphatic rings. The molecule has 1 aromatic rings. The molecule has 0 bridgehead atoms. The Morgan fingerprint density at radius 3 is 2.50 bits per heavy atom. The lowest BCUT2D eigenvalue weighted by Crippen LogP contribution is -2.46. The van der Waals surface area contributed by atoms with Crippen LogP contribution in [0.3, 0.4) is 0 Å². The lowest BCUT2D eigenvalue weighted by Gasteiger charge is -2.21. The van der Waals surface area contributed by atoms with Crippen molar-refractivity contribution in [1.29, 1.82) is 0 Å². The van der Waals surface area contributed by atoms with Crippen LogP contribution in [-0.2, 0) is 20.8 Å². The number of hydrogen-bond acceptors (Lipinski definition) is 4. The van der Waals surface area contributed by atoms with Crippen LogP contribution >= 0.6 is 0 Å². The molecule has 0 aliphatic heterocycles. The van der Waals surface area contributed by atoms with E-state index in [0.29, 0.717) is 6.42 Å². The molecule has 0 saturated heterocycles. The fraction of sp³-hybridized carbons (Fsp3) is 0.308. The maximum Gasteiger partial charge on any atom is 0.322 e. The van der Waals surface area contributed by atoms with Gasteiger partial charge in [0.05, 0.1) is 0 Å². The summed E-state index contributed by atoms with van der Waals surface area (Å²) in [6.45, 7) is -0.562. The van der Waals surface area contributed by atoms with Crippen LogP contribution in [0.1, 0.15) is 12.0 Å². The predicted molar refractivity (Wildman–Crippen MR) is 68.9 cm³/mol. The topological polar surface area (TPSA) is 107 Å². The molecule has 1 rings (SSSR count). The Hall–Kier alpha value is -2.41. The normalized spacial score (nSPS) is 11.4. The maximum absolute atomic E-state index is 11.7. The number of nitrogens with one attached hydrogen (secondary N) is 1. The van der Waals surface area contributed by atoms with Crippen molar-refractivity contribution in [3.8, 4) is 0 Å². The van der Waals surface area contributed by atoms with Gasteiger partial charge in [-0.1, -0.05) is 30.3 Å². The van der Waals surface area contributed by atoms with Crippen LogP contribution in [0, 0.1) is 0 Å². The molecular formula is C13H16N2O5. The van der Waals surface area contributed by atoms with E-state index < -0.39 is 24.5 Å². The van der Waals surface area contributed by atoms with Crippen LogP contribution in [0.15, 0.2) is 30.3 Å². The van der Waals surface area contributed by atoms with Gasteiger partial charge in [-0.2, -0.15) is 0 Å². The van der Waals surface area contributed by atoms with E-state index in [4.69, 9.17) is 5.11 Å². The van der Waals surface area contributed by atoms with Gasteiger partial charge in [-0.15, -0.1) is 0 Å². The number of hydrogen-bond donors (Lipinski definition) is 3. The summed E-state index contributed by atoms with van der Waals surface area (Å²) in [5.74, 6) is -1.91. The highest BCUT2D eigenvalue weighted by atomic mass is 16.5. The Bertz CT molecular complexity index is 463. The zero-order valence-electron chi connectivity index (χ0n) is 10.7. The van der Waals surface area contributed by atoms with E-state index in [1.165, 1.54) is 0 Å². The second-order valence-electron chi connectivity index (χ2n) is 4.14. The van der Waals surface area contributed by atoms with Gasteiger partial charge in [-0.3, -0.25) is 19.6 Å². The first-order chi connectivity index (χ1) is 9.54. The number of carbonyl (C=O) groups is 3. The molecule has 7 heteroatoms. The third kappa shape index (κ3) is 5.07. The van der Waals surface area contributed by atoms with Gasteiger partial charge in [0, 0.05) is 0 Å². The largest absolute Gasteiger partial charge is 0.480 e. The fourth-order valence-electron chi connectivity index (χ4n) is 1.69. The lowest BCUT2D eigenvalue weighted by molar-refractivity contribution is -0.168. The summed E-state index contributed by atoms with van der Waals surface area (Å²) < 4.78 is 0. The first-order valence-electron chi connectivity index (χ1n) is 6.00. The van der Waals surface area contributed by atoms with Crippen LogP contribution in [0.4, 0.5) is 0 Å². The van der Waals surface area contributed by atoms with Crippen molar-refractivity contribution in [2.75, 3.05) is 6.54 Å².